The minimum Gasteiger partial charge on any atom is -0.480 e. The van der Waals surface area contributed by atoms with E-state index in [1.54, 1.807) is 25.3 Å². The van der Waals surface area contributed by atoms with Gasteiger partial charge in [0.15, 0.2) is 0 Å². The van der Waals surface area contributed by atoms with Gasteiger partial charge in [0.05, 0.1) is 12.8 Å². The number of furan rings is 1. The van der Waals surface area contributed by atoms with E-state index in [2.05, 4.69) is 5.32 Å². The molecule has 1 rings (SSSR count). The second kappa shape index (κ2) is 3.92. The normalized spacial score (nSPS) is 12.8. The minimum atomic E-state index is -0.860. The Bertz CT molecular complexity index is 243. The van der Waals surface area contributed by atoms with Crippen molar-refractivity contribution in [3.05, 3.63) is 24.2 Å². The van der Waals surface area contributed by atoms with Crippen molar-refractivity contribution in [2.45, 2.75) is 19.5 Å². The summed E-state index contributed by atoms with van der Waals surface area (Å²) in [6.45, 7) is 2.03. The quantitative estimate of drug-likeness (QED) is 0.701. The molecule has 0 bridgehead atoms. The lowest BCUT2D eigenvalue weighted by molar-refractivity contribution is -0.139. The van der Waals surface area contributed by atoms with Crippen molar-refractivity contribution >= 4 is 5.97 Å². The number of hydrogen-bond donors (Lipinski definition) is 2. The van der Waals surface area contributed by atoms with Crippen molar-refractivity contribution in [2.24, 2.45) is 0 Å². The van der Waals surface area contributed by atoms with Crippen LogP contribution in [0.25, 0.3) is 0 Å². The molecule has 4 nitrogen and oxygen atoms in total. The molecule has 0 saturated heterocycles. The highest BCUT2D eigenvalue weighted by Crippen LogP contribution is 1.99. The van der Waals surface area contributed by atoms with Gasteiger partial charge in [0.1, 0.15) is 11.8 Å². The Morgan fingerprint density at radius 3 is 3.08 bits per heavy atom. The van der Waals surface area contributed by atoms with Crippen LogP contribution >= 0.6 is 0 Å². The monoisotopic (exact) mass is 169 g/mol. The summed E-state index contributed by atoms with van der Waals surface area (Å²) in [4.78, 5) is 10.4. The van der Waals surface area contributed by atoms with Crippen LogP contribution in [0.2, 0.25) is 0 Å². The van der Waals surface area contributed by atoms with Gasteiger partial charge in [-0.25, -0.2) is 0 Å². The van der Waals surface area contributed by atoms with Crippen LogP contribution in [0.4, 0.5) is 0 Å². The lowest BCUT2D eigenvalue weighted by atomic mass is 10.3. The van der Waals surface area contributed by atoms with Crippen molar-refractivity contribution in [3.8, 4) is 0 Å². The van der Waals surface area contributed by atoms with Crippen molar-refractivity contribution in [2.75, 3.05) is 0 Å². The Labute approximate surface area is 70.2 Å². The van der Waals surface area contributed by atoms with Crippen LogP contribution in [0, 0.1) is 0 Å². The molecule has 0 aliphatic carbocycles. The number of carbonyl (C=O) groups is 1. The lowest BCUT2D eigenvalue weighted by Gasteiger charge is -2.06. The molecule has 2 N–H and O–H groups in total. The summed E-state index contributed by atoms with van der Waals surface area (Å²) in [6.07, 6.45) is 1.56. The van der Waals surface area contributed by atoms with Gasteiger partial charge in [-0.15, -0.1) is 0 Å². The van der Waals surface area contributed by atoms with Crippen LogP contribution in [0.1, 0.15) is 12.7 Å². The Hall–Kier alpha value is -1.29. The Balaban J connectivity index is 2.31. The van der Waals surface area contributed by atoms with Gasteiger partial charge in [-0.1, -0.05) is 0 Å². The molecule has 0 fully saturated rings. The largest absolute Gasteiger partial charge is 0.480 e. The fourth-order valence-corrected chi connectivity index (χ4v) is 0.754. The molecule has 0 saturated carbocycles. The highest BCUT2D eigenvalue weighted by Gasteiger charge is 2.09. The fourth-order valence-electron chi connectivity index (χ4n) is 0.754. The third kappa shape index (κ3) is 2.39. The van der Waals surface area contributed by atoms with Crippen LogP contribution in [0.15, 0.2) is 22.8 Å². The van der Waals surface area contributed by atoms with E-state index in [0.29, 0.717) is 6.54 Å². The van der Waals surface area contributed by atoms with E-state index in [1.165, 1.54) is 0 Å². The third-order valence-corrected chi connectivity index (χ3v) is 1.53. The second-order valence-corrected chi connectivity index (χ2v) is 2.52. The van der Waals surface area contributed by atoms with Crippen molar-refractivity contribution < 1.29 is 14.3 Å². The van der Waals surface area contributed by atoms with E-state index >= 15 is 0 Å². The lowest BCUT2D eigenvalue weighted by Crippen LogP contribution is -2.32. The molecular weight excluding hydrogens is 158 g/mol. The first-order chi connectivity index (χ1) is 5.70. The SMILES string of the molecule is C[C@@H](NCc1ccco1)C(=O)O. The van der Waals surface area contributed by atoms with Crippen LogP contribution in [-0.4, -0.2) is 17.1 Å². The molecule has 1 atom stereocenters. The first-order valence-corrected chi connectivity index (χ1v) is 3.68. The summed E-state index contributed by atoms with van der Waals surface area (Å²) in [7, 11) is 0. The zero-order chi connectivity index (χ0) is 8.97. The van der Waals surface area contributed by atoms with Gasteiger partial charge < -0.3 is 9.52 Å². The van der Waals surface area contributed by atoms with Crippen LogP contribution in [0.5, 0.6) is 0 Å². The van der Waals surface area contributed by atoms with E-state index in [-0.39, 0.29) is 0 Å². The number of carboxylic acid groups (broad SMARTS) is 1. The molecule has 0 radical (unpaired) electrons. The zero-order valence-electron chi connectivity index (χ0n) is 6.78. The topological polar surface area (TPSA) is 62.5 Å². The standard InChI is InChI=1S/C8H11NO3/c1-6(8(10)11)9-5-7-3-2-4-12-7/h2-4,6,9H,5H2,1H3,(H,10,11)/t6-/m1/s1. The molecule has 0 unspecified atom stereocenters. The number of rotatable bonds is 4. The van der Waals surface area contributed by atoms with Crippen LogP contribution < -0.4 is 5.32 Å². The van der Waals surface area contributed by atoms with Gasteiger partial charge in [-0.2, -0.15) is 0 Å². The Kier molecular flexibility index (Phi) is 2.88. The van der Waals surface area contributed by atoms with Gasteiger partial charge in [0, 0.05) is 0 Å². The van der Waals surface area contributed by atoms with Crippen molar-refractivity contribution in [1.82, 2.24) is 5.32 Å². The highest BCUT2D eigenvalue weighted by molar-refractivity contribution is 5.72. The summed E-state index contributed by atoms with van der Waals surface area (Å²) in [5.41, 5.74) is 0. The predicted octanol–water partition coefficient (Wildman–Crippen LogP) is 0.842. The van der Waals surface area contributed by atoms with E-state index < -0.39 is 12.0 Å². The first-order valence-electron chi connectivity index (χ1n) is 3.68. The summed E-state index contributed by atoms with van der Waals surface area (Å²) in [5.74, 6) is -0.121. The highest BCUT2D eigenvalue weighted by atomic mass is 16.4. The smallest absolute Gasteiger partial charge is 0.320 e. The number of nitrogens with one attached hydrogen (secondary N) is 1. The molecule has 0 amide bonds. The molecule has 0 aliphatic rings. The zero-order valence-corrected chi connectivity index (χ0v) is 6.78. The maximum atomic E-state index is 10.4. The molecule has 1 aromatic rings. The van der Waals surface area contributed by atoms with Crippen LogP contribution in [0.3, 0.4) is 0 Å². The van der Waals surface area contributed by atoms with Crippen molar-refractivity contribution in [1.29, 1.82) is 0 Å². The van der Waals surface area contributed by atoms with Gasteiger partial charge >= 0.3 is 5.97 Å². The summed E-state index contributed by atoms with van der Waals surface area (Å²) >= 11 is 0. The molecule has 12 heavy (non-hydrogen) atoms. The van der Waals surface area contributed by atoms with Gasteiger partial charge in [-0.3, -0.25) is 10.1 Å². The van der Waals surface area contributed by atoms with Crippen molar-refractivity contribution in [3.63, 3.8) is 0 Å². The summed E-state index contributed by atoms with van der Waals surface area (Å²) in [5, 5.41) is 11.3. The van der Waals surface area contributed by atoms with E-state index in [9.17, 15) is 4.79 Å². The van der Waals surface area contributed by atoms with Crippen LogP contribution in [-0.2, 0) is 11.3 Å². The second-order valence-electron chi connectivity index (χ2n) is 2.52. The van der Waals surface area contributed by atoms with E-state index in [0.717, 1.165) is 5.76 Å². The molecule has 0 aliphatic heterocycles. The average Bonchev–Trinajstić information content (AvgIpc) is 2.51. The third-order valence-electron chi connectivity index (χ3n) is 1.53. The molecule has 1 heterocycles. The van der Waals surface area contributed by atoms with E-state index in [4.69, 9.17) is 9.52 Å². The Morgan fingerprint density at radius 2 is 2.58 bits per heavy atom. The molecule has 0 spiro atoms. The molecular formula is C8H11NO3. The molecule has 1 aromatic heterocycles. The maximum absolute atomic E-state index is 10.4. The van der Waals surface area contributed by atoms with E-state index in [1.807, 2.05) is 0 Å². The maximum Gasteiger partial charge on any atom is 0.320 e. The summed E-state index contributed by atoms with van der Waals surface area (Å²) < 4.78 is 5.01. The summed E-state index contributed by atoms with van der Waals surface area (Å²) in [6, 6.07) is 3.01. The molecule has 66 valence electrons. The average molecular weight is 169 g/mol. The fraction of sp³-hybridized carbons (Fsp3) is 0.375. The first kappa shape index (κ1) is 8.80. The predicted molar refractivity (Wildman–Crippen MR) is 42.6 cm³/mol. The number of carboxylic acids is 1. The minimum absolute atomic E-state index is 0.445. The Morgan fingerprint density at radius 1 is 1.83 bits per heavy atom. The number of aliphatic carboxylic acids is 1. The molecule has 4 heteroatoms. The molecule has 0 aromatic carbocycles. The van der Waals surface area contributed by atoms with Gasteiger partial charge in [-0.05, 0) is 19.1 Å². The van der Waals surface area contributed by atoms with Gasteiger partial charge in [0.25, 0.3) is 0 Å². The number of hydrogen-bond acceptors (Lipinski definition) is 3. The van der Waals surface area contributed by atoms with Gasteiger partial charge in [0.2, 0.25) is 0 Å².